The van der Waals surface area contributed by atoms with Crippen LogP contribution in [0.5, 0.6) is 0 Å². The Morgan fingerprint density at radius 2 is 1.93 bits per heavy atom. The Morgan fingerprint density at radius 3 is 2.69 bits per heavy atom. The normalized spacial score (nSPS) is 21.9. The van der Waals surface area contributed by atoms with Crippen LogP contribution in [0.3, 0.4) is 0 Å². The summed E-state index contributed by atoms with van der Waals surface area (Å²) in [6.07, 6.45) is 11.4. The predicted octanol–water partition coefficient (Wildman–Crippen LogP) is 3.04. The van der Waals surface area contributed by atoms with E-state index in [1.807, 2.05) is 30.5 Å². The van der Waals surface area contributed by atoms with Gasteiger partial charge in [0, 0.05) is 44.3 Å². The molecule has 154 valence electrons. The lowest BCUT2D eigenvalue weighted by Crippen LogP contribution is -2.45. The number of carbonyl (C=O) groups is 1. The first kappa shape index (κ1) is 20.0. The maximum Gasteiger partial charge on any atom is 0.237 e. The van der Waals surface area contributed by atoms with Crippen molar-refractivity contribution in [1.82, 2.24) is 19.8 Å². The second-order valence-corrected chi connectivity index (χ2v) is 8.12. The zero-order valence-electron chi connectivity index (χ0n) is 16.9. The summed E-state index contributed by atoms with van der Waals surface area (Å²) in [4.78, 5) is 26.0. The van der Waals surface area contributed by atoms with Crippen molar-refractivity contribution >= 4 is 5.91 Å². The van der Waals surface area contributed by atoms with Crippen molar-refractivity contribution in [2.75, 3.05) is 19.6 Å². The monoisotopic (exact) mass is 394 g/mol. The summed E-state index contributed by atoms with van der Waals surface area (Å²) in [6, 6.07) is 10.2. The van der Waals surface area contributed by atoms with Crippen LogP contribution in [0.4, 0.5) is 0 Å². The highest BCUT2D eigenvalue weighted by atomic mass is 16.5. The van der Waals surface area contributed by atoms with Gasteiger partial charge in [0.25, 0.3) is 0 Å². The van der Waals surface area contributed by atoms with E-state index in [1.54, 1.807) is 12.4 Å². The summed E-state index contributed by atoms with van der Waals surface area (Å²) in [7, 11) is 0. The van der Waals surface area contributed by atoms with Gasteiger partial charge in [0.1, 0.15) is 0 Å². The topological polar surface area (TPSA) is 58.6 Å². The van der Waals surface area contributed by atoms with E-state index in [4.69, 9.17) is 4.74 Å². The van der Waals surface area contributed by atoms with Crippen LogP contribution in [0.1, 0.15) is 43.4 Å². The number of pyridine rings is 2. The maximum absolute atomic E-state index is 13.1. The van der Waals surface area contributed by atoms with Gasteiger partial charge in [0.05, 0.1) is 24.9 Å². The number of hydrogen-bond donors (Lipinski definition) is 0. The van der Waals surface area contributed by atoms with Gasteiger partial charge < -0.3 is 9.64 Å². The third-order valence-electron chi connectivity index (χ3n) is 5.88. The van der Waals surface area contributed by atoms with Crippen molar-refractivity contribution in [3.63, 3.8) is 0 Å². The van der Waals surface area contributed by atoms with Crippen molar-refractivity contribution in [3.8, 4) is 0 Å². The van der Waals surface area contributed by atoms with Crippen LogP contribution in [0.2, 0.25) is 0 Å². The molecule has 3 heterocycles. The lowest BCUT2D eigenvalue weighted by Gasteiger charge is -2.35. The lowest BCUT2D eigenvalue weighted by atomic mass is 9.94. The Balaban J connectivity index is 1.47. The van der Waals surface area contributed by atoms with Gasteiger partial charge in [0.2, 0.25) is 5.91 Å². The van der Waals surface area contributed by atoms with E-state index in [9.17, 15) is 4.79 Å². The molecule has 6 heteroatoms. The van der Waals surface area contributed by atoms with Gasteiger partial charge in [-0.15, -0.1) is 0 Å². The Bertz CT molecular complexity index is 765. The van der Waals surface area contributed by atoms with Gasteiger partial charge in [-0.1, -0.05) is 31.4 Å². The van der Waals surface area contributed by atoms with E-state index in [-0.39, 0.29) is 12.0 Å². The molecule has 1 aliphatic carbocycles. The average molecular weight is 395 g/mol. The quantitative estimate of drug-likeness (QED) is 0.754. The fourth-order valence-electron chi connectivity index (χ4n) is 4.42. The molecular formula is C23H30N4O2. The highest BCUT2D eigenvalue weighted by molar-refractivity contribution is 5.79. The van der Waals surface area contributed by atoms with Crippen molar-refractivity contribution in [2.45, 2.75) is 57.4 Å². The van der Waals surface area contributed by atoms with E-state index >= 15 is 0 Å². The molecule has 2 fully saturated rings. The Hall–Kier alpha value is -2.31. The summed E-state index contributed by atoms with van der Waals surface area (Å²) in [6.45, 7) is 3.02. The molecule has 0 aromatic carbocycles. The molecule has 4 rings (SSSR count). The third kappa shape index (κ3) is 5.61. The number of amides is 1. The molecule has 0 radical (unpaired) electrons. The molecule has 1 unspecified atom stereocenters. The molecular weight excluding hydrogens is 364 g/mol. The first-order valence-corrected chi connectivity index (χ1v) is 10.7. The first-order valence-electron chi connectivity index (χ1n) is 10.7. The molecule has 2 aromatic heterocycles. The first-order chi connectivity index (χ1) is 14.3. The zero-order valence-corrected chi connectivity index (χ0v) is 16.9. The standard InChI is InChI=1S/C23H30N4O2/c28-23-17-26(14-19-7-6-11-24-13-19)15-22(29-18-20-8-4-5-12-25-20)16-27(23)21-9-2-1-3-10-21/h4-8,11-13,21-22H,1-3,9-10,14-18H2. The van der Waals surface area contributed by atoms with Gasteiger partial charge in [-0.3, -0.25) is 19.7 Å². The number of carbonyl (C=O) groups excluding carboxylic acids is 1. The summed E-state index contributed by atoms with van der Waals surface area (Å²) < 4.78 is 6.27. The molecule has 1 atom stereocenters. The van der Waals surface area contributed by atoms with Gasteiger partial charge in [-0.05, 0) is 36.6 Å². The number of rotatable bonds is 6. The van der Waals surface area contributed by atoms with Crippen molar-refractivity contribution < 1.29 is 9.53 Å². The van der Waals surface area contributed by atoms with Crippen LogP contribution in [-0.4, -0.2) is 57.5 Å². The molecule has 0 N–H and O–H groups in total. The third-order valence-corrected chi connectivity index (χ3v) is 5.88. The second kappa shape index (κ2) is 9.94. The van der Waals surface area contributed by atoms with Crippen molar-refractivity contribution in [2.24, 2.45) is 0 Å². The summed E-state index contributed by atoms with van der Waals surface area (Å²) in [5.41, 5.74) is 2.04. The van der Waals surface area contributed by atoms with Crippen molar-refractivity contribution in [1.29, 1.82) is 0 Å². The van der Waals surface area contributed by atoms with Crippen LogP contribution in [0.25, 0.3) is 0 Å². The minimum atomic E-state index is -0.0259. The summed E-state index contributed by atoms with van der Waals surface area (Å²) in [5.74, 6) is 0.227. The Kier molecular flexibility index (Phi) is 6.85. The van der Waals surface area contributed by atoms with Crippen LogP contribution in [-0.2, 0) is 22.7 Å². The van der Waals surface area contributed by atoms with Gasteiger partial charge >= 0.3 is 0 Å². The van der Waals surface area contributed by atoms with Gasteiger partial charge in [-0.25, -0.2) is 0 Å². The van der Waals surface area contributed by atoms with Crippen LogP contribution < -0.4 is 0 Å². The predicted molar refractivity (Wildman–Crippen MR) is 111 cm³/mol. The maximum atomic E-state index is 13.1. The molecule has 6 nitrogen and oxygen atoms in total. The number of ether oxygens (including phenoxy) is 1. The fourth-order valence-corrected chi connectivity index (χ4v) is 4.42. The highest BCUT2D eigenvalue weighted by Crippen LogP contribution is 2.25. The SMILES string of the molecule is O=C1CN(Cc2cccnc2)CC(OCc2ccccn2)CN1C1CCCCC1. The molecule has 1 amide bonds. The largest absolute Gasteiger partial charge is 0.369 e. The Labute approximate surface area is 172 Å². The van der Waals surface area contributed by atoms with E-state index in [1.165, 1.54) is 19.3 Å². The van der Waals surface area contributed by atoms with Crippen LogP contribution in [0, 0.1) is 0 Å². The molecule has 29 heavy (non-hydrogen) atoms. The number of hydrogen-bond acceptors (Lipinski definition) is 5. The smallest absolute Gasteiger partial charge is 0.237 e. The minimum absolute atomic E-state index is 0.0259. The highest BCUT2D eigenvalue weighted by Gasteiger charge is 2.33. The summed E-state index contributed by atoms with van der Waals surface area (Å²) >= 11 is 0. The van der Waals surface area contributed by atoms with Crippen LogP contribution >= 0.6 is 0 Å². The molecule has 1 saturated carbocycles. The molecule has 0 bridgehead atoms. The van der Waals surface area contributed by atoms with E-state index < -0.39 is 0 Å². The van der Waals surface area contributed by atoms with E-state index in [0.29, 0.717) is 32.3 Å². The minimum Gasteiger partial charge on any atom is -0.369 e. The van der Waals surface area contributed by atoms with Gasteiger partial charge in [0.15, 0.2) is 0 Å². The van der Waals surface area contributed by atoms with Crippen molar-refractivity contribution in [3.05, 3.63) is 60.2 Å². The molecule has 2 aromatic rings. The van der Waals surface area contributed by atoms with E-state index in [0.717, 1.165) is 30.6 Å². The van der Waals surface area contributed by atoms with Gasteiger partial charge in [-0.2, -0.15) is 0 Å². The fraction of sp³-hybridized carbons (Fsp3) is 0.522. The summed E-state index contributed by atoms with van der Waals surface area (Å²) in [5, 5.41) is 0. The molecule has 2 aliphatic rings. The Morgan fingerprint density at radius 1 is 1.03 bits per heavy atom. The average Bonchev–Trinajstić information content (AvgIpc) is 2.92. The molecule has 1 saturated heterocycles. The second-order valence-electron chi connectivity index (χ2n) is 8.12. The molecule has 1 aliphatic heterocycles. The number of nitrogens with zero attached hydrogens (tertiary/aromatic N) is 4. The molecule has 0 spiro atoms. The van der Waals surface area contributed by atoms with Crippen LogP contribution in [0.15, 0.2) is 48.9 Å². The van der Waals surface area contributed by atoms with E-state index in [2.05, 4.69) is 25.8 Å². The number of aromatic nitrogens is 2. The lowest BCUT2D eigenvalue weighted by molar-refractivity contribution is -0.135. The zero-order chi connectivity index (χ0) is 19.9.